The van der Waals surface area contributed by atoms with Crippen LogP contribution in [0.1, 0.15) is 6.92 Å². The summed E-state index contributed by atoms with van der Waals surface area (Å²) in [7, 11) is 0. The van der Waals surface area contributed by atoms with Crippen molar-refractivity contribution in [1.82, 2.24) is 15.8 Å². The fourth-order valence-electron chi connectivity index (χ4n) is 3.29. The summed E-state index contributed by atoms with van der Waals surface area (Å²) in [5, 5.41) is 12.9. The molecule has 0 spiro atoms. The number of cyclic esters (lactones) is 1. The van der Waals surface area contributed by atoms with Crippen molar-refractivity contribution in [3.63, 3.8) is 0 Å². The van der Waals surface area contributed by atoms with Gasteiger partial charge in [0.05, 0.1) is 31.0 Å². The van der Waals surface area contributed by atoms with Crippen LogP contribution in [0.25, 0.3) is 0 Å². The summed E-state index contributed by atoms with van der Waals surface area (Å²) in [6.07, 6.45) is -1.09. The van der Waals surface area contributed by atoms with E-state index in [0.717, 1.165) is 0 Å². The Morgan fingerprint density at radius 1 is 1.34 bits per heavy atom. The third kappa shape index (κ3) is 4.93. The van der Waals surface area contributed by atoms with Crippen molar-refractivity contribution < 1.29 is 28.6 Å². The first-order valence-corrected chi connectivity index (χ1v) is 9.31. The molecule has 0 aliphatic carbocycles. The lowest BCUT2D eigenvalue weighted by atomic mass is 10.2. The number of aliphatic hydroxyl groups excluding tert-OH is 1. The SMILES string of the molecule is CC(=O)NC[C@H]1CN(c2ccc(N3CCNN(C(=O)CO)CC3)c(F)c2)C(=O)O1. The highest BCUT2D eigenvalue weighted by Gasteiger charge is 2.33. The number of amides is 3. The van der Waals surface area contributed by atoms with Gasteiger partial charge in [-0.25, -0.2) is 14.6 Å². The van der Waals surface area contributed by atoms with Crippen LogP contribution in [-0.4, -0.2) is 80.0 Å². The second-order valence-electron chi connectivity index (χ2n) is 6.79. The Balaban J connectivity index is 1.66. The number of carbonyl (C=O) groups is 3. The summed E-state index contributed by atoms with van der Waals surface area (Å²) in [6, 6.07) is 4.49. The van der Waals surface area contributed by atoms with E-state index >= 15 is 0 Å². The van der Waals surface area contributed by atoms with Gasteiger partial charge in [-0.3, -0.25) is 19.5 Å². The van der Waals surface area contributed by atoms with Gasteiger partial charge in [-0.1, -0.05) is 0 Å². The molecule has 2 aliphatic heterocycles. The molecule has 2 saturated heterocycles. The number of benzene rings is 1. The van der Waals surface area contributed by atoms with Crippen molar-refractivity contribution in [2.75, 3.05) is 55.7 Å². The Morgan fingerprint density at radius 3 is 2.83 bits per heavy atom. The van der Waals surface area contributed by atoms with Gasteiger partial charge < -0.3 is 20.1 Å². The van der Waals surface area contributed by atoms with Crippen LogP contribution < -0.4 is 20.5 Å². The monoisotopic (exact) mass is 409 g/mol. The van der Waals surface area contributed by atoms with Gasteiger partial charge in [-0.05, 0) is 18.2 Å². The number of anilines is 2. The molecule has 2 fully saturated rings. The number of halogens is 1. The van der Waals surface area contributed by atoms with E-state index in [0.29, 0.717) is 37.6 Å². The normalized spacial score (nSPS) is 19.8. The molecule has 11 heteroatoms. The lowest BCUT2D eigenvalue weighted by molar-refractivity contribution is -0.137. The summed E-state index contributed by atoms with van der Waals surface area (Å²) < 4.78 is 20.0. The fourth-order valence-corrected chi connectivity index (χ4v) is 3.29. The molecule has 10 nitrogen and oxygen atoms in total. The quantitative estimate of drug-likeness (QED) is 0.597. The van der Waals surface area contributed by atoms with Crippen molar-refractivity contribution in [3.05, 3.63) is 24.0 Å². The van der Waals surface area contributed by atoms with E-state index in [4.69, 9.17) is 9.84 Å². The third-order valence-electron chi connectivity index (χ3n) is 4.75. The van der Waals surface area contributed by atoms with Gasteiger partial charge >= 0.3 is 6.09 Å². The fraction of sp³-hybridized carbons (Fsp3) is 0.500. The molecule has 29 heavy (non-hydrogen) atoms. The maximum Gasteiger partial charge on any atom is 0.414 e. The average Bonchev–Trinajstić information content (AvgIpc) is 2.90. The van der Waals surface area contributed by atoms with Gasteiger partial charge in [0.15, 0.2) is 0 Å². The standard InChI is InChI=1S/C18H24FN5O5/c1-12(26)20-9-14-10-23(18(28)29-14)13-2-3-16(15(19)8-13)22-5-4-21-24(7-6-22)17(27)11-25/h2-3,8,14,21,25H,4-7,9-11H2,1H3,(H,20,26)/t14-/m0/s1. The Morgan fingerprint density at radius 2 is 2.14 bits per heavy atom. The van der Waals surface area contributed by atoms with Gasteiger partial charge in [0.25, 0.3) is 5.91 Å². The first-order valence-electron chi connectivity index (χ1n) is 9.31. The molecule has 0 bridgehead atoms. The highest BCUT2D eigenvalue weighted by atomic mass is 19.1. The number of hydrogen-bond donors (Lipinski definition) is 3. The third-order valence-corrected chi connectivity index (χ3v) is 4.75. The molecule has 1 aromatic carbocycles. The molecule has 1 atom stereocenters. The highest BCUT2D eigenvalue weighted by molar-refractivity contribution is 5.90. The molecule has 2 heterocycles. The Hall–Kier alpha value is -2.92. The van der Waals surface area contributed by atoms with E-state index in [1.165, 1.54) is 22.9 Å². The van der Waals surface area contributed by atoms with Crippen LogP contribution in [0.5, 0.6) is 0 Å². The van der Waals surface area contributed by atoms with Crippen molar-refractivity contribution in [2.45, 2.75) is 13.0 Å². The number of rotatable bonds is 5. The summed E-state index contributed by atoms with van der Waals surface area (Å²) in [5.41, 5.74) is 3.62. The van der Waals surface area contributed by atoms with Gasteiger partial charge in [0.2, 0.25) is 5.91 Å². The van der Waals surface area contributed by atoms with Gasteiger partial charge in [-0.15, -0.1) is 0 Å². The number of hydrazine groups is 1. The zero-order valence-electron chi connectivity index (χ0n) is 16.1. The van der Waals surface area contributed by atoms with E-state index in [1.54, 1.807) is 17.0 Å². The Labute approximate surface area is 167 Å². The minimum Gasteiger partial charge on any atom is -0.442 e. The second-order valence-corrected chi connectivity index (χ2v) is 6.79. The average molecular weight is 409 g/mol. The van der Waals surface area contributed by atoms with Gasteiger partial charge in [0.1, 0.15) is 18.5 Å². The maximum atomic E-state index is 14.8. The lowest BCUT2D eigenvalue weighted by Crippen LogP contribution is -2.45. The first-order chi connectivity index (χ1) is 13.9. The van der Waals surface area contributed by atoms with Gasteiger partial charge in [-0.2, -0.15) is 0 Å². The predicted molar refractivity (Wildman–Crippen MR) is 102 cm³/mol. The molecule has 3 amide bonds. The zero-order chi connectivity index (χ0) is 21.0. The largest absolute Gasteiger partial charge is 0.442 e. The first kappa shape index (κ1) is 20.8. The van der Waals surface area contributed by atoms with Crippen LogP contribution in [0, 0.1) is 5.82 Å². The van der Waals surface area contributed by atoms with E-state index in [9.17, 15) is 18.8 Å². The molecule has 1 aromatic rings. The molecule has 158 valence electrons. The van der Waals surface area contributed by atoms with E-state index in [-0.39, 0.29) is 19.0 Å². The summed E-state index contributed by atoms with van der Waals surface area (Å²) in [4.78, 5) is 37.8. The van der Waals surface area contributed by atoms with Crippen LogP contribution in [0.15, 0.2) is 18.2 Å². The molecule has 0 saturated carbocycles. The van der Waals surface area contributed by atoms with Crippen LogP contribution in [0.2, 0.25) is 0 Å². The van der Waals surface area contributed by atoms with Gasteiger partial charge in [0, 0.05) is 26.6 Å². The Kier molecular flexibility index (Phi) is 6.49. The zero-order valence-corrected chi connectivity index (χ0v) is 16.1. The maximum absolute atomic E-state index is 14.8. The molecule has 2 aliphatic rings. The number of nitrogens with one attached hydrogen (secondary N) is 2. The van der Waals surface area contributed by atoms with Crippen LogP contribution >= 0.6 is 0 Å². The van der Waals surface area contributed by atoms with Crippen molar-refractivity contribution >= 4 is 29.3 Å². The van der Waals surface area contributed by atoms with Crippen LogP contribution in [0.3, 0.4) is 0 Å². The number of hydrogen-bond acceptors (Lipinski definition) is 7. The van der Waals surface area contributed by atoms with Crippen molar-refractivity contribution in [1.29, 1.82) is 0 Å². The minimum atomic E-state index is -0.593. The molecular formula is C18H24FN5O5. The second kappa shape index (κ2) is 9.05. The van der Waals surface area contributed by atoms with Crippen LogP contribution in [0.4, 0.5) is 20.6 Å². The smallest absolute Gasteiger partial charge is 0.414 e. The summed E-state index contributed by atoms with van der Waals surface area (Å²) >= 11 is 0. The van der Waals surface area contributed by atoms with E-state index < -0.39 is 30.5 Å². The number of carbonyl (C=O) groups excluding carboxylic acids is 3. The molecule has 0 radical (unpaired) electrons. The highest BCUT2D eigenvalue weighted by Crippen LogP contribution is 2.28. The summed E-state index contributed by atoms with van der Waals surface area (Å²) in [6.45, 7) is 2.76. The van der Waals surface area contributed by atoms with Crippen LogP contribution in [-0.2, 0) is 14.3 Å². The van der Waals surface area contributed by atoms with E-state index in [2.05, 4.69) is 10.7 Å². The number of ether oxygens (including phenoxy) is 1. The number of nitrogens with zero attached hydrogens (tertiary/aromatic N) is 3. The Bertz CT molecular complexity index is 792. The summed E-state index contributed by atoms with van der Waals surface area (Å²) in [5.74, 6) is -1.16. The van der Waals surface area contributed by atoms with E-state index in [1.807, 2.05) is 0 Å². The van der Waals surface area contributed by atoms with Crippen molar-refractivity contribution in [3.8, 4) is 0 Å². The molecule has 0 aromatic heterocycles. The molecule has 3 N–H and O–H groups in total. The molecular weight excluding hydrogens is 385 g/mol. The minimum absolute atomic E-state index is 0.196. The molecule has 0 unspecified atom stereocenters. The lowest BCUT2D eigenvalue weighted by Gasteiger charge is -2.24. The van der Waals surface area contributed by atoms with Crippen molar-refractivity contribution in [2.24, 2.45) is 0 Å². The topological polar surface area (TPSA) is 114 Å². The predicted octanol–water partition coefficient (Wildman–Crippen LogP) is -0.567. The molecule has 3 rings (SSSR count). The number of aliphatic hydroxyl groups is 1.